The Morgan fingerprint density at radius 2 is 1.89 bits per heavy atom. The number of carbonyl (C=O) groups excluding carboxylic acids is 1. The lowest BCUT2D eigenvalue weighted by molar-refractivity contribution is -0.128. The molecule has 19 heavy (non-hydrogen) atoms. The van der Waals surface area contributed by atoms with Gasteiger partial charge >= 0.3 is 6.18 Å². The van der Waals surface area contributed by atoms with Gasteiger partial charge in [0.15, 0.2) is 0 Å². The fourth-order valence-electron chi connectivity index (χ4n) is 1.77. The molecule has 0 amide bonds. The van der Waals surface area contributed by atoms with Crippen molar-refractivity contribution < 1.29 is 18.0 Å². The van der Waals surface area contributed by atoms with Crippen LogP contribution in [0.25, 0.3) is 11.0 Å². The highest BCUT2D eigenvalue weighted by Crippen LogP contribution is 2.30. The Bertz CT molecular complexity index is 664. The summed E-state index contributed by atoms with van der Waals surface area (Å²) in [6.07, 6.45) is -5.75. The summed E-state index contributed by atoms with van der Waals surface area (Å²) >= 11 is 11.6. The maximum absolute atomic E-state index is 12.5. The van der Waals surface area contributed by atoms with Gasteiger partial charge in [0.25, 0.3) is 0 Å². The number of halogens is 5. The number of aromatic nitrogens is 2. The van der Waals surface area contributed by atoms with Crippen LogP contribution in [0.2, 0.25) is 10.0 Å². The molecule has 0 aliphatic rings. The van der Waals surface area contributed by atoms with Gasteiger partial charge in [-0.25, -0.2) is 4.98 Å². The van der Waals surface area contributed by atoms with Gasteiger partial charge in [-0.15, -0.1) is 0 Å². The Kier molecular flexibility index (Phi) is 3.49. The molecule has 0 saturated carbocycles. The summed E-state index contributed by atoms with van der Waals surface area (Å²) in [5.41, 5.74) is 0.407. The maximum atomic E-state index is 12.5. The highest BCUT2D eigenvalue weighted by molar-refractivity contribution is 6.42. The molecule has 0 N–H and O–H groups in total. The van der Waals surface area contributed by atoms with Crippen molar-refractivity contribution in [3.63, 3.8) is 0 Å². The zero-order valence-electron chi connectivity index (χ0n) is 9.55. The zero-order chi connectivity index (χ0) is 14.4. The molecule has 0 atom stereocenters. The van der Waals surface area contributed by atoms with Crippen molar-refractivity contribution in [1.29, 1.82) is 0 Å². The van der Waals surface area contributed by atoms with E-state index in [9.17, 15) is 18.0 Å². The van der Waals surface area contributed by atoms with Gasteiger partial charge in [0, 0.05) is 6.92 Å². The number of imidazole rings is 1. The lowest BCUT2D eigenvalue weighted by atomic mass is 10.3. The van der Waals surface area contributed by atoms with E-state index in [4.69, 9.17) is 23.2 Å². The molecule has 8 heteroatoms. The first kappa shape index (κ1) is 14.1. The minimum Gasteiger partial charge on any atom is -0.274 e. The SMILES string of the molecule is CC(=O)n1c(CC(F)(F)F)nc2cc(Cl)c(Cl)cc21. The highest BCUT2D eigenvalue weighted by Gasteiger charge is 2.31. The smallest absolute Gasteiger partial charge is 0.274 e. The molecule has 0 aliphatic heterocycles. The second-order valence-electron chi connectivity index (χ2n) is 3.93. The van der Waals surface area contributed by atoms with Crippen LogP contribution in [-0.2, 0) is 6.42 Å². The van der Waals surface area contributed by atoms with Crippen molar-refractivity contribution in [3.05, 3.63) is 28.0 Å². The van der Waals surface area contributed by atoms with Gasteiger partial charge in [0.2, 0.25) is 5.91 Å². The van der Waals surface area contributed by atoms with Crippen LogP contribution in [-0.4, -0.2) is 21.6 Å². The molecule has 1 heterocycles. The van der Waals surface area contributed by atoms with E-state index < -0.39 is 18.5 Å². The first-order valence-electron chi connectivity index (χ1n) is 5.13. The Balaban J connectivity index is 2.70. The van der Waals surface area contributed by atoms with E-state index in [1.54, 1.807) is 0 Å². The molecule has 0 unspecified atom stereocenters. The minimum absolute atomic E-state index is 0.148. The van der Waals surface area contributed by atoms with Crippen LogP contribution < -0.4 is 0 Å². The molecule has 0 fully saturated rings. The largest absolute Gasteiger partial charge is 0.396 e. The number of carbonyl (C=O) groups is 1. The molecule has 0 saturated heterocycles. The first-order valence-corrected chi connectivity index (χ1v) is 5.88. The van der Waals surface area contributed by atoms with E-state index in [2.05, 4.69) is 4.98 Å². The Hall–Kier alpha value is -1.27. The number of benzene rings is 1. The quantitative estimate of drug-likeness (QED) is 0.794. The standard InChI is InChI=1S/C11H7Cl2F3N2O/c1-5(19)18-9-3-7(13)6(12)2-8(9)17-10(18)4-11(14,15)16/h2-3H,4H2,1H3. The summed E-state index contributed by atoms with van der Waals surface area (Å²) in [5.74, 6) is -0.950. The molecular weight excluding hydrogens is 304 g/mol. The van der Waals surface area contributed by atoms with Gasteiger partial charge in [-0.3, -0.25) is 9.36 Å². The van der Waals surface area contributed by atoms with Crippen LogP contribution in [0, 0.1) is 0 Å². The van der Waals surface area contributed by atoms with E-state index >= 15 is 0 Å². The number of fused-ring (bicyclic) bond motifs is 1. The van der Waals surface area contributed by atoms with Crippen LogP contribution in [0.4, 0.5) is 13.2 Å². The number of hydrogen-bond acceptors (Lipinski definition) is 2. The zero-order valence-corrected chi connectivity index (χ0v) is 11.1. The predicted octanol–water partition coefficient (Wildman–Crippen LogP) is 4.11. The molecule has 3 nitrogen and oxygen atoms in total. The van der Waals surface area contributed by atoms with Crippen molar-refractivity contribution in [2.24, 2.45) is 0 Å². The molecule has 0 spiro atoms. The maximum Gasteiger partial charge on any atom is 0.396 e. The molecule has 0 radical (unpaired) electrons. The lowest BCUT2D eigenvalue weighted by Gasteiger charge is -2.07. The van der Waals surface area contributed by atoms with Crippen LogP contribution in [0.1, 0.15) is 17.5 Å². The first-order chi connectivity index (χ1) is 8.69. The van der Waals surface area contributed by atoms with Gasteiger partial charge < -0.3 is 0 Å². The van der Waals surface area contributed by atoms with Gasteiger partial charge in [0.05, 0.1) is 21.1 Å². The summed E-state index contributed by atoms with van der Waals surface area (Å²) in [6, 6.07) is 2.66. The lowest BCUT2D eigenvalue weighted by Crippen LogP contribution is -2.18. The monoisotopic (exact) mass is 310 g/mol. The van der Waals surface area contributed by atoms with E-state index in [0.29, 0.717) is 0 Å². The normalized spacial score (nSPS) is 12.1. The molecule has 2 rings (SSSR count). The number of rotatable bonds is 1. The van der Waals surface area contributed by atoms with E-state index in [-0.39, 0.29) is 26.9 Å². The summed E-state index contributed by atoms with van der Waals surface area (Å²) < 4.78 is 38.3. The molecular formula is C11H7Cl2F3N2O. The number of hydrogen-bond donors (Lipinski definition) is 0. The third kappa shape index (κ3) is 2.84. The van der Waals surface area contributed by atoms with E-state index in [0.717, 1.165) is 11.5 Å². The Labute approximate surface area is 115 Å². The molecule has 1 aromatic heterocycles. The number of alkyl halides is 3. The van der Waals surface area contributed by atoms with Gasteiger partial charge in [-0.05, 0) is 12.1 Å². The molecule has 0 aliphatic carbocycles. The summed E-state index contributed by atoms with van der Waals surface area (Å²) in [7, 11) is 0. The van der Waals surface area contributed by atoms with Crippen molar-refractivity contribution in [2.75, 3.05) is 0 Å². The van der Waals surface area contributed by atoms with E-state index in [1.807, 2.05) is 0 Å². The third-order valence-electron chi connectivity index (χ3n) is 2.44. The van der Waals surface area contributed by atoms with Gasteiger partial charge in [-0.2, -0.15) is 13.2 Å². The van der Waals surface area contributed by atoms with Crippen molar-refractivity contribution >= 4 is 40.1 Å². The van der Waals surface area contributed by atoms with Crippen molar-refractivity contribution in [1.82, 2.24) is 9.55 Å². The molecule has 102 valence electrons. The Morgan fingerprint density at radius 1 is 1.32 bits per heavy atom. The fourth-order valence-corrected chi connectivity index (χ4v) is 2.09. The average Bonchev–Trinajstić information content (AvgIpc) is 2.53. The fraction of sp³-hybridized carbons (Fsp3) is 0.273. The predicted molar refractivity (Wildman–Crippen MR) is 65.8 cm³/mol. The third-order valence-corrected chi connectivity index (χ3v) is 3.16. The Morgan fingerprint density at radius 3 is 2.42 bits per heavy atom. The van der Waals surface area contributed by atoms with Crippen LogP contribution in [0.15, 0.2) is 12.1 Å². The second-order valence-corrected chi connectivity index (χ2v) is 4.74. The summed E-state index contributed by atoms with van der Waals surface area (Å²) in [5, 5.41) is 0.316. The highest BCUT2D eigenvalue weighted by atomic mass is 35.5. The number of nitrogens with zero attached hydrogens (tertiary/aromatic N) is 2. The summed E-state index contributed by atoms with van der Waals surface area (Å²) in [6.45, 7) is 1.16. The van der Waals surface area contributed by atoms with Crippen LogP contribution in [0.5, 0.6) is 0 Å². The average molecular weight is 311 g/mol. The molecule has 1 aromatic carbocycles. The van der Waals surface area contributed by atoms with Gasteiger partial charge in [0.1, 0.15) is 12.2 Å². The summed E-state index contributed by atoms with van der Waals surface area (Å²) in [4.78, 5) is 15.3. The van der Waals surface area contributed by atoms with Gasteiger partial charge in [-0.1, -0.05) is 23.2 Å². The van der Waals surface area contributed by atoms with Crippen LogP contribution in [0.3, 0.4) is 0 Å². The topological polar surface area (TPSA) is 34.9 Å². The van der Waals surface area contributed by atoms with E-state index in [1.165, 1.54) is 12.1 Å². The second kappa shape index (κ2) is 4.68. The van der Waals surface area contributed by atoms with Crippen molar-refractivity contribution in [3.8, 4) is 0 Å². The molecule has 0 bridgehead atoms. The van der Waals surface area contributed by atoms with Crippen LogP contribution >= 0.6 is 23.2 Å². The van der Waals surface area contributed by atoms with Crippen molar-refractivity contribution in [2.45, 2.75) is 19.5 Å². The molecule has 2 aromatic rings. The minimum atomic E-state index is -4.46.